The second kappa shape index (κ2) is 8.20. The number of phenols is 1. The van der Waals surface area contributed by atoms with Gasteiger partial charge in [-0.25, -0.2) is 4.79 Å². The maximum atomic E-state index is 11.7. The number of carboxylic acids is 1. The molecule has 0 bridgehead atoms. The largest absolute Gasteiger partial charge is 0.507 e. The first kappa shape index (κ1) is 18.3. The molecule has 2 aromatic carbocycles. The molecule has 130 valence electrons. The Morgan fingerprint density at radius 2 is 1.92 bits per heavy atom. The van der Waals surface area contributed by atoms with Crippen LogP contribution in [0.1, 0.15) is 40.4 Å². The molecule has 0 aliphatic carbocycles. The van der Waals surface area contributed by atoms with Gasteiger partial charge < -0.3 is 14.9 Å². The number of aromatic carboxylic acids is 1. The van der Waals surface area contributed by atoms with Crippen LogP contribution in [0.5, 0.6) is 11.5 Å². The van der Waals surface area contributed by atoms with Crippen LogP contribution in [0.2, 0.25) is 0 Å². The number of hydrogen-bond donors (Lipinski definition) is 2. The van der Waals surface area contributed by atoms with Crippen molar-refractivity contribution in [3.63, 3.8) is 0 Å². The van der Waals surface area contributed by atoms with Gasteiger partial charge in [-0.3, -0.25) is 0 Å². The highest BCUT2D eigenvalue weighted by Gasteiger charge is 2.21. The van der Waals surface area contributed by atoms with E-state index in [2.05, 4.69) is 6.58 Å². The van der Waals surface area contributed by atoms with E-state index in [4.69, 9.17) is 4.74 Å². The molecular formula is C21H22O4. The van der Waals surface area contributed by atoms with Crippen LogP contribution in [-0.2, 0) is 6.42 Å². The van der Waals surface area contributed by atoms with Gasteiger partial charge in [-0.05, 0) is 37.0 Å². The van der Waals surface area contributed by atoms with Crippen molar-refractivity contribution in [2.24, 2.45) is 0 Å². The molecule has 0 fully saturated rings. The van der Waals surface area contributed by atoms with Crippen LogP contribution in [0.15, 0.2) is 48.6 Å². The topological polar surface area (TPSA) is 66.8 Å². The van der Waals surface area contributed by atoms with Crippen molar-refractivity contribution >= 4 is 18.1 Å². The lowest BCUT2D eigenvalue weighted by Gasteiger charge is -2.15. The molecule has 2 aromatic rings. The number of carboxylic acid groups (broad SMARTS) is 1. The van der Waals surface area contributed by atoms with Gasteiger partial charge in [0.1, 0.15) is 17.1 Å². The maximum Gasteiger partial charge on any atom is 0.340 e. The minimum absolute atomic E-state index is 0.121. The van der Waals surface area contributed by atoms with Gasteiger partial charge in [-0.1, -0.05) is 48.1 Å². The Bertz CT molecular complexity index is 804. The van der Waals surface area contributed by atoms with Gasteiger partial charge >= 0.3 is 5.97 Å². The Balaban J connectivity index is 2.52. The van der Waals surface area contributed by atoms with Crippen LogP contribution >= 0.6 is 0 Å². The lowest BCUT2D eigenvalue weighted by atomic mass is 9.96. The Hall–Kier alpha value is -3.01. The molecule has 0 radical (unpaired) electrons. The van der Waals surface area contributed by atoms with E-state index in [0.29, 0.717) is 29.7 Å². The normalized spacial score (nSPS) is 10.8. The summed E-state index contributed by atoms with van der Waals surface area (Å²) in [6, 6.07) is 11.2. The van der Waals surface area contributed by atoms with Crippen LogP contribution in [0, 0.1) is 0 Å². The fourth-order valence-corrected chi connectivity index (χ4v) is 2.57. The number of allylic oxidation sites excluding steroid dienone is 1. The number of carbonyl (C=O) groups is 1. The molecule has 0 amide bonds. The first-order valence-corrected chi connectivity index (χ1v) is 7.97. The fraction of sp³-hybridized carbons (Fsp3) is 0.190. The highest BCUT2D eigenvalue weighted by atomic mass is 16.5. The number of aromatic hydroxyl groups is 1. The maximum absolute atomic E-state index is 11.7. The molecule has 0 unspecified atom stereocenters. The van der Waals surface area contributed by atoms with Crippen LogP contribution in [0.3, 0.4) is 0 Å². The minimum atomic E-state index is -1.18. The van der Waals surface area contributed by atoms with E-state index in [0.717, 1.165) is 11.1 Å². The van der Waals surface area contributed by atoms with Gasteiger partial charge in [0.15, 0.2) is 0 Å². The molecule has 25 heavy (non-hydrogen) atoms. The molecule has 0 atom stereocenters. The van der Waals surface area contributed by atoms with Gasteiger partial charge in [0, 0.05) is 5.56 Å². The standard InChI is InChI=1S/C21H22O4/c1-14(2)9-12-17-18(25-3)13-16(19(20(17)22)21(23)24)11-10-15-7-5-4-6-8-15/h4-8,10-11,13,22H,1,9,12H2,2-3H3,(H,23,24). The van der Waals surface area contributed by atoms with E-state index < -0.39 is 5.97 Å². The average Bonchev–Trinajstić information content (AvgIpc) is 2.58. The van der Waals surface area contributed by atoms with Gasteiger partial charge in [0.25, 0.3) is 0 Å². The second-order valence-corrected chi connectivity index (χ2v) is 5.88. The van der Waals surface area contributed by atoms with Crippen LogP contribution in [0.25, 0.3) is 12.2 Å². The van der Waals surface area contributed by atoms with Gasteiger partial charge in [0.05, 0.1) is 7.11 Å². The zero-order chi connectivity index (χ0) is 18.4. The van der Waals surface area contributed by atoms with Gasteiger partial charge in [-0.15, -0.1) is 6.58 Å². The number of ether oxygens (including phenoxy) is 1. The summed E-state index contributed by atoms with van der Waals surface area (Å²) >= 11 is 0. The Kier molecular flexibility index (Phi) is 6.01. The third-order valence-corrected chi connectivity index (χ3v) is 3.89. The van der Waals surface area contributed by atoms with E-state index in [1.807, 2.05) is 37.3 Å². The molecule has 4 nitrogen and oxygen atoms in total. The van der Waals surface area contributed by atoms with Gasteiger partial charge in [-0.2, -0.15) is 0 Å². The summed E-state index contributed by atoms with van der Waals surface area (Å²) in [6.07, 6.45) is 4.58. The van der Waals surface area contributed by atoms with Crippen molar-refractivity contribution in [2.75, 3.05) is 7.11 Å². The average molecular weight is 338 g/mol. The Morgan fingerprint density at radius 3 is 2.48 bits per heavy atom. The smallest absolute Gasteiger partial charge is 0.340 e. The Labute approximate surface area is 147 Å². The molecule has 0 aliphatic heterocycles. The van der Waals surface area contributed by atoms with Crippen molar-refractivity contribution in [1.29, 1.82) is 0 Å². The van der Waals surface area contributed by atoms with E-state index >= 15 is 0 Å². The van der Waals surface area contributed by atoms with Crippen molar-refractivity contribution in [3.05, 3.63) is 70.8 Å². The molecule has 4 heteroatoms. The van der Waals surface area contributed by atoms with Crippen molar-refractivity contribution in [2.45, 2.75) is 19.8 Å². The molecule has 0 aromatic heterocycles. The van der Waals surface area contributed by atoms with Crippen LogP contribution in [-0.4, -0.2) is 23.3 Å². The van der Waals surface area contributed by atoms with Crippen LogP contribution in [0.4, 0.5) is 0 Å². The lowest BCUT2D eigenvalue weighted by Crippen LogP contribution is -2.05. The van der Waals surface area contributed by atoms with E-state index in [9.17, 15) is 15.0 Å². The third kappa shape index (κ3) is 4.51. The summed E-state index contributed by atoms with van der Waals surface area (Å²) in [5.74, 6) is -0.957. The predicted octanol–water partition coefficient (Wildman–Crippen LogP) is 4.78. The number of methoxy groups -OCH3 is 1. The van der Waals surface area contributed by atoms with Crippen LogP contribution < -0.4 is 4.74 Å². The number of rotatable bonds is 7. The van der Waals surface area contributed by atoms with Crippen molar-refractivity contribution in [1.82, 2.24) is 0 Å². The predicted molar refractivity (Wildman–Crippen MR) is 100 cm³/mol. The summed E-state index contributed by atoms with van der Waals surface area (Å²) in [5.41, 5.74) is 2.64. The summed E-state index contributed by atoms with van der Waals surface area (Å²) in [7, 11) is 1.50. The monoisotopic (exact) mass is 338 g/mol. The Morgan fingerprint density at radius 1 is 1.24 bits per heavy atom. The summed E-state index contributed by atoms with van der Waals surface area (Å²) in [6.45, 7) is 5.73. The summed E-state index contributed by atoms with van der Waals surface area (Å²) in [4.78, 5) is 11.7. The molecule has 0 saturated carbocycles. The highest BCUT2D eigenvalue weighted by molar-refractivity contribution is 5.97. The summed E-state index contributed by atoms with van der Waals surface area (Å²) < 4.78 is 5.37. The van der Waals surface area contributed by atoms with E-state index in [1.165, 1.54) is 7.11 Å². The molecule has 2 rings (SSSR count). The quantitative estimate of drug-likeness (QED) is 0.563. The highest BCUT2D eigenvalue weighted by Crippen LogP contribution is 2.36. The number of hydrogen-bond acceptors (Lipinski definition) is 3. The third-order valence-electron chi connectivity index (χ3n) is 3.89. The molecule has 2 N–H and O–H groups in total. The molecule has 0 spiro atoms. The zero-order valence-electron chi connectivity index (χ0n) is 14.5. The van der Waals surface area contributed by atoms with Crippen molar-refractivity contribution in [3.8, 4) is 11.5 Å². The minimum Gasteiger partial charge on any atom is -0.507 e. The first-order chi connectivity index (χ1) is 11.9. The number of benzene rings is 2. The summed E-state index contributed by atoms with van der Waals surface area (Å²) in [5, 5.41) is 20.1. The van der Waals surface area contributed by atoms with Crippen molar-refractivity contribution < 1.29 is 19.7 Å². The van der Waals surface area contributed by atoms with Gasteiger partial charge in [0.2, 0.25) is 0 Å². The van der Waals surface area contributed by atoms with E-state index in [-0.39, 0.29) is 11.3 Å². The molecule has 0 saturated heterocycles. The lowest BCUT2D eigenvalue weighted by molar-refractivity contribution is 0.0693. The second-order valence-electron chi connectivity index (χ2n) is 5.88. The molecular weight excluding hydrogens is 316 g/mol. The first-order valence-electron chi connectivity index (χ1n) is 7.97. The molecule has 0 heterocycles. The SMILES string of the molecule is C=C(C)CCc1c(OC)cc(C=Cc2ccccc2)c(C(=O)O)c1O. The fourth-order valence-electron chi connectivity index (χ4n) is 2.57. The molecule has 0 aliphatic rings. The van der Waals surface area contributed by atoms with E-state index in [1.54, 1.807) is 18.2 Å². The zero-order valence-corrected chi connectivity index (χ0v) is 14.5.